The molecular formula is C12H22N4O7. The lowest BCUT2D eigenvalue weighted by molar-refractivity contribution is -0.267. The van der Waals surface area contributed by atoms with Crippen LogP contribution in [0.1, 0.15) is 6.92 Å². The van der Waals surface area contributed by atoms with Crippen molar-refractivity contribution in [1.82, 2.24) is 5.32 Å². The Hall–Kier alpha value is -1.46. The highest BCUT2D eigenvalue weighted by Gasteiger charge is 2.45. The maximum absolute atomic E-state index is 11.3. The topological polar surface area (TPSA) is 166 Å². The van der Waals surface area contributed by atoms with Crippen molar-refractivity contribution in [3.05, 3.63) is 10.4 Å². The molecule has 1 fully saturated rings. The highest BCUT2D eigenvalue weighted by Crippen LogP contribution is 2.23. The van der Waals surface area contributed by atoms with E-state index in [1.165, 1.54) is 14.0 Å². The second kappa shape index (κ2) is 9.63. The number of ether oxygens (including phenoxy) is 3. The van der Waals surface area contributed by atoms with Gasteiger partial charge in [0.2, 0.25) is 5.91 Å². The van der Waals surface area contributed by atoms with Crippen LogP contribution >= 0.6 is 0 Å². The highest BCUT2D eigenvalue weighted by molar-refractivity contribution is 5.73. The molecule has 1 unspecified atom stereocenters. The molecule has 6 atom stereocenters. The summed E-state index contributed by atoms with van der Waals surface area (Å²) in [6.45, 7) is 0.875. The number of carbonyl (C=O) groups excluding carboxylic acids is 1. The zero-order chi connectivity index (χ0) is 17.4. The van der Waals surface area contributed by atoms with E-state index in [0.717, 1.165) is 0 Å². The van der Waals surface area contributed by atoms with Crippen LogP contribution in [0.15, 0.2) is 5.11 Å². The van der Waals surface area contributed by atoms with E-state index in [1.54, 1.807) is 0 Å². The lowest BCUT2D eigenvalue weighted by Crippen LogP contribution is -2.64. The van der Waals surface area contributed by atoms with Gasteiger partial charge in [-0.25, -0.2) is 0 Å². The molecule has 1 rings (SSSR count). The molecule has 1 heterocycles. The first kappa shape index (κ1) is 19.6. The van der Waals surface area contributed by atoms with Crippen molar-refractivity contribution in [3.63, 3.8) is 0 Å². The van der Waals surface area contributed by atoms with E-state index < -0.39 is 42.7 Å². The Balaban J connectivity index is 2.79. The number of nitrogens with one attached hydrogen (secondary N) is 1. The standard InChI is InChI=1S/C12H22N4O7/c1-6(17)15-9-11(20)10(19)8(3-14-16-13)23-12(9)22-5-7(18)4-21-2/h7-12,18-20H,3-5H2,1-2H3,(H,15,17)/t7?,8-,9-,10+,11-,12-/m1/s1. The molecule has 11 heteroatoms. The van der Waals surface area contributed by atoms with Gasteiger partial charge in [0.15, 0.2) is 6.29 Å². The third-order valence-corrected chi connectivity index (χ3v) is 3.21. The van der Waals surface area contributed by atoms with Crippen LogP contribution in [0.5, 0.6) is 0 Å². The lowest BCUT2D eigenvalue weighted by Gasteiger charge is -2.42. The van der Waals surface area contributed by atoms with Crippen molar-refractivity contribution in [2.45, 2.75) is 43.7 Å². The zero-order valence-electron chi connectivity index (χ0n) is 12.9. The first-order valence-electron chi connectivity index (χ1n) is 6.98. The molecule has 0 radical (unpaired) electrons. The summed E-state index contributed by atoms with van der Waals surface area (Å²) >= 11 is 0. The monoisotopic (exact) mass is 334 g/mol. The largest absolute Gasteiger partial charge is 0.388 e. The molecule has 0 aromatic heterocycles. The van der Waals surface area contributed by atoms with Crippen molar-refractivity contribution < 1.29 is 34.3 Å². The average Bonchev–Trinajstić information content (AvgIpc) is 2.50. The Morgan fingerprint density at radius 2 is 2.13 bits per heavy atom. The maximum Gasteiger partial charge on any atom is 0.217 e. The van der Waals surface area contributed by atoms with Gasteiger partial charge in [0, 0.05) is 18.9 Å². The first-order chi connectivity index (χ1) is 10.9. The van der Waals surface area contributed by atoms with Crippen molar-refractivity contribution in [2.75, 3.05) is 26.9 Å². The number of carbonyl (C=O) groups is 1. The van der Waals surface area contributed by atoms with Gasteiger partial charge < -0.3 is 34.8 Å². The molecule has 0 spiro atoms. The van der Waals surface area contributed by atoms with Gasteiger partial charge in [-0.3, -0.25) is 4.79 Å². The van der Waals surface area contributed by atoms with Gasteiger partial charge in [0.1, 0.15) is 24.4 Å². The molecule has 1 aliphatic heterocycles. The number of amides is 1. The van der Waals surface area contributed by atoms with E-state index in [1.807, 2.05) is 0 Å². The van der Waals surface area contributed by atoms with Crippen LogP contribution in [0.2, 0.25) is 0 Å². The normalized spacial score (nSPS) is 32.0. The number of nitrogens with zero attached hydrogens (tertiary/aromatic N) is 3. The Kier molecular flexibility index (Phi) is 8.20. The Morgan fingerprint density at radius 1 is 1.43 bits per heavy atom. The van der Waals surface area contributed by atoms with Crippen LogP contribution in [-0.2, 0) is 19.0 Å². The van der Waals surface area contributed by atoms with Gasteiger partial charge in [-0.1, -0.05) is 5.11 Å². The van der Waals surface area contributed by atoms with Crippen LogP contribution in [0.4, 0.5) is 0 Å². The minimum Gasteiger partial charge on any atom is -0.388 e. The van der Waals surface area contributed by atoms with Gasteiger partial charge >= 0.3 is 0 Å². The van der Waals surface area contributed by atoms with E-state index in [-0.39, 0.29) is 19.8 Å². The SMILES string of the molecule is COCC(O)CO[C@@H]1O[C@H](CN=[N+]=[N-])[C@H](O)[C@H](O)[C@H]1NC(C)=O. The molecule has 23 heavy (non-hydrogen) atoms. The number of hydrogen-bond acceptors (Lipinski definition) is 8. The maximum atomic E-state index is 11.3. The van der Waals surface area contributed by atoms with E-state index in [4.69, 9.17) is 19.7 Å². The van der Waals surface area contributed by atoms with Crippen molar-refractivity contribution in [2.24, 2.45) is 5.11 Å². The van der Waals surface area contributed by atoms with Crippen molar-refractivity contribution in [1.29, 1.82) is 0 Å². The third-order valence-electron chi connectivity index (χ3n) is 3.21. The van der Waals surface area contributed by atoms with Crippen LogP contribution < -0.4 is 5.32 Å². The van der Waals surface area contributed by atoms with Gasteiger partial charge in [0.05, 0.1) is 25.9 Å². The predicted octanol–water partition coefficient (Wildman–Crippen LogP) is -1.73. The van der Waals surface area contributed by atoms with Gasteiger partial charge in [-0.15, -0.1) is 0 Å². The van der Waals surface area contributed by atoms with Crippen LogP contribution in [-0.4, -0.2) is 84.8 Å². The van der Waals surface area contributed by atoms with Crippen LogP contribution in [0.25, 0.3) is 10.4 Å². The molecule has 0 bridgehead atoms. The van der Waals surface area contributed by atoms with Gasteiger partial charge in [-0.05, 0) is 5.53 Å². The minimum atomic E-state index is -1.39. The van der Waals surface area contributed by atoms with E-state index in [9.17, 15) is 20.1 Å². The number of rotatable bonds is 8. The predicted molar refractivity (Wildman–Crippen MR) is 76.1 cm³/mol. The summed E-state index contributed by atoms with van der Waals surface area (Å²) < 4.78 is 15.6. The summed E-state index contributed by atoms with van der Waals surface area (Å²) in [6.07, 6.45) is -5.84. The fourth-order valence-corrected chi connectivity index (χ4v) is 2.18. The Bertz CT molecular complexity index is 432. The summed E-state index contributed by atoms with van der Waals surface area (Å²) in [5.74, 6) is -0.454. The number of hydrogen-bond donors (Lipinski definition) is 4. The number of aliphatic hydroxyl groups is 3. The van der Waals surface area contributed by atoms with Crippen molar-refractivity contribution >= 4 is 5.91 Å². The molecule has 132 valence electrons. The number of aliphatic hydroxyl groups excluding tert-OH is 3. The molecular weight excluding hydrogens is 312 g/mol. The second-order valence-corrected chi connectivity index (χ2v) is 5.11. The second-order valence-electron chi connectivity index (χ2n) is 5.11. The fourth-order valence-electron chi connectivity index (χ4n) is 2.18. The van der Waals surface area contributed by atoms with E-state index >= 15 is 0 Å². The summed E-state index contributed by atoms with van der Waals surface area (Å²) in [5.41, 5.74) is 8.34. The van der Waals surface area contributed by atoms with Gasteiger partial charge in [-0.2, -0.15) is 0 Å². The average molecular weight is 334 g/mol. The molecule has 1 amide bonds. The molecule has 1 saturated heterocycles. The Morgan fingerprint density at radius 3 is 2.70 bits per heavy atom. The third kappa shape index (κ3) is 5.92. The summed E-state index contributed by atoms with van der Waals surface area (Å²) in [6, 6.07) is -1.04. The lowest BCUT2D eigenvalue weighted by atomic mass is 9.96. The van der Waals surface area contributed by atoms with E-state index in [0.29, 0.717) is 0 Å². The first-order valence-corrected chi connectivity index (χ1v) is 6.98. The van der Waals surface area contributed by atoms with Gasteiger partial charge in [0.25, 0.3) is 0 Å². The quantitative estimate of drug-likeness (QED) is 0.232. The molecule has 4 N–H and O–H groups in total. The molecule has 0 aromatic rings. The molecule has 0 aromatic carbocycles. The summed E-state index contributed by atoms with van der Waals surface area (Å²) in [5, 5.41) is 35.5. The highest BCUT2D eigenvalue weighted by atomic mass is 16.7. The zero-order valence-corrected chi connectivity index (χ0v) is 12.9. The smallest absolute Gasteiger partial charge is 0.217 e. The molecule has 0 aliphatic carbocycles. The fraction of sp³-hybridized carbons (Fsp3) is 0.917. The van der Waals surface area contributed by atoms with E-state index in [2.05, 4.69) is 15.3 Å². The molecule has 11 nitrogen and oxygen atoms in total. The number of azide groups is 1. The molecule has 0 saturated carbocycles. The summed E-state index contributed by atoms with van der Waals surface area (Å²) in [4.78, 5) is 13.8. The Labute approximate surface area is 132 Å². The van der Waals surface area contributed by atoms with Crippen molar-refractivity contribution in [3.8, 4) is 0 Å². The van der Waals surface area contributed by atoms with Crippen LogP contribution in [0, 0.1) is 0 Å². The van der Waals surface area contributed by atoms with Crippen LogP contribution in [0.3, 0.4) is 0 Å². The number of methoxy groups -OCH3 is 1. The minimum absolute atomic E-state index is 0.0326. The molecule has 1 aliphatic rings. The summed E-state index contributed by atoms with van der Waals surface area (Å²) in [7, 11) is 1.41.